The maximum atomic E-state index is 12.6. The van der Waals surface area contributed by atoms with Crippen molar-refractivity contribution < 1.29 is 13.2 Å². The molecule has 6 rings (SSSR count). The summed E-state index contributed by atoms with van der Waals surface area (Å²) in [6, 6.07) is 6.27. The Balaban J connectivity index is 1.38. The van der Waals surface area contributed by atoms with Crippen LogP contribution in [0.25, 0.3) is 22.0 Å². The van der Waals surface area contributed by atoms with E-state index in [1.807, 2.05) is 12.3 Å². The number of nitrogens with zero attached hydrogens (tertiary/aromatic N) is 1. The summed E-state index contributed by atoms with van der Waals surface area (Å²) >= 11 is 1.76. The number of nitrogens with one attached hydrogen (secondary N) is 1. The smallest absolute Gasteiger partial charge is 0.250 e. The quantitative estimate of drug-likeness (QED) is 0.562. The molecule has 3 saturated heterocycles. The summed E-state index contributed by atoms with van der Waals surface area (Å²) in [4.78, 5) is 19.4. The first-order chi connectivity index (χ1) is 15.9. The van der Waals surface area contributed by atoms with Crippen LogP contribution in [-0.4, -0.2) is 47.8 Å². The molecular weight excluding hydrogens is 454 g/mol. The second kappa shape index (κ2) is 7.96. The number of carbonyl (C=O) groups is 1. The molecule has 0 saturated carbocycles. The molecule has 0 radical (unpaired) electrons. The summed E-state index contributed by atoms with van der Waals surface area (Å²) in [7, 11) is -2.97. The molecule has 3 aromatic rings. The van der Waals surface area contributed by atoms with Gasteiger partial charge in [-0.05, 0) is 97.8 Å². The van der Waals surface area contributed by atoms with E-state index in [2.05, 4.69) is 27.4 Å². The van der Waals surface area contributed by atoms with Crippen molar-refractivity contribution in [2.75, 3.05) is 13.1 Å². The van der Waals surface area contributed by atoms with Gasteiger partial charge in [-0.2, -0.15) is 0 Å². The molecule has 2 aromatic heterocycles. The number of benzene rings is 1. The first-order valence-electron chi connectivity index (χ1n) is 11.9. The molecule has 3 fully saturated rings. The van der Waals surface area contributed by atoms with E-state index in [9.17, 15) is 13.2 Å². The van der Waals surface area contributed by atoms with E-state index in [0.717, 1.165) is 60.1 Å². The van der Waals surface area contributed by atoms with E-state index in [1.165, 1.54) is 17.7 Å². The number of rotatable bonds is 5. The van der Waals surface area contributed by atoms with E-state index in [-0.39, 0.29) is 16.4 Å². The van der Waals surface area contributed by atoms with Crippen LogP contribution in [0.15, 0.2) is 29.8 Å². The minimum Gasteiger partial charge on any atom is -0.366 e. The van der Waals surface area contributed by atoms with E-state index < -0.39 is 15.7 Å². The molecule has 3 aliphatic heterocycles. The lowest BCUT2D eigenvalue weighted by atomic mass is 9.89. The van der Waals surface area contributed by atoms with E-state index >= 15 is 0 Å². The number of fused-ring (bicyclic) bond motifs is 3. The van der Waals surface area contributed by atoms with Crippen molar-refractivity contribution >= 4 is 38.0 Å². The number of likely N-dealkylation sites (tertiary alicyclic amines) is 1. The largest absolute Gasteiger partial charge is 0.366 e. The van der Waals surface area contributed by atoms with Crippen molar-refractivity contribution in [2.45, 2.75) is 61.5 Å². The van der Waals surface area contributed by atoms with Crippen molar-refractivity contribution in [2.24, 2.45) is 5.73 Å². The SMILES string of the molecule is NC(=O)c1cc(-c2csc(CN3CCCC3)c2)cc2c(C3CC4CCC(C3)S4(=O)=O)c[nH]c12. The van der Waals surface area contributed by atoms with E-state index in [1.54, 1.807) is 11.3 Å². The molecule has 3 aliphatic rings. The molecule has 2 bridgehead atoms. The molecular formula is C25H29N3O3S2. The minimum absolute atomic E-state index is 0.184. The maximum Gasteiger partial charge on any atom is 0.250 e. The lowest BCUT2D eigenvalue weighted by molar-refractivity contribution is 0.100. The van der Waals surface area contributed by atoms with Gasteiger partial charge in [-0.3, -0.25) is 9.69 Å². The number of hydrogen-bond acceptors (Lipinski definition) is 5. The number of aromatic nitrogens is 1. The minimum atomic E-state index is -2.97. The highest BCUT2D eigenvalue weighted by Gasteiger charge is 2.47. The van der Waals surface area contributed by atoms with Gasteiger partial charge in [0.2, 0.25) is 0 Å². The van der Waals surface area contributed by atoms with Gasteiger partial charge >= 0.3 is 0 Å². The Morgan fingerprint density at radius 2 is 1.82 bits per heavy atom. The lowest BCUT2D eigenvalue weighted by Gasteiger charge is -2.27. The summed E-state index contributed by atoms with van der Waals surface area (Å²) in [5, 5.41) is 2.71. The summed E-state index contributed by atoms with van der Waals surface area (Å²) in [5.74, 6) is -0.266. The average molecular weight is 484 g/mol. The normalized spacial score (nSPS) is 26.8. The van der Waals surface area contributed by atoms with Crippen LogP contribution in [0.1, 0.15) is 65.2 Å². The van der Waals surface area contributed by atoms with Crippen molar-refractivity contribution in [3.05, 3.63) is 45.8 Å². The summed E-state index contributed by atoms with van der Waals surface area (Å²) < 4.78 is 25.2. The fourth-order valence-electron chi connectivity index (χ4n) is 6.19. The second-order valence-electron chi connectivity index (χ2n) is 9.92. The summed E-state index contributed by atoms with van der Waals surface area (Å²) in [5.41, 5.74) is 10.2. The number of H-pyrrole nitrogens is 1. The lowest BCUT2D eigenvalue weighted by Crippen LogP contribution is -2.31. The molecule has 3 N–H and O–H groups in total. The fourth-order valence-corrected chi connectivity index (χ4v) is 9.60. The van der Waals surface area contributed by atoms with Gasteiger partial charge in [0.25, 0.3) is 5.91 Å². The number of hydrogen-bond donors (Lipinski definition) is 2. The first-order valence-corrected chi connectivity index (χ1v) is 14.4. The molecule has 2 unspecified atom stereocenters. The Kier molecular flexibility index (Phi) is 5.16. The van der Waals surface area contributed by atoms with E-state index in [0.29, 0.717) is 18.4 Å². The third-order valence-corrected chi connectivity index (χ3v) is 11.6. The van der Waals surface area contributed by atoms with Crippen LogP contribution in [-0.2, 0) is 16.4 Å². The highest BCUT2D eigenvalue weighted by atomic mass is 32.2. The number of aromatic amines is 1. The van der Waals surface area contributed by atoms with Gasteiger partial charge in [-0.25, -0.2) is 8.42 Å². The molecule has 174 valence electrons. The topological polar surface area (TPSA) is 96.3 Å². The molecule has 0 aliphatic carbocycles. The van der Waals surface area contributed by atoms with Crippen molar-refractivity contribution in [3.8, 4) is 11.1 Å². The fraction of sp³-hybridized carbons (Fsp3) is 0.480. The Bertz CT molecular complexity index is 1310. The van der Waals surface area contributed by atoms with Crippen molar-refractivity contribution in [1.29, 1.82) is 0 Å². The number of sulfone groups is 1. The van der Waals surface area contributed by atoms with Crippen LogP contribution in [0, 0.1) is 0 Å². The number of carbonyl (C=O) groups excluding carboxylic acids is 1. The maximum absolute atomic E-state index is 12.6. The third-order valence-electron chi connectivity index (χ3n) is 7.93. The highest BCUT2D eigenvalue weighted by Crippen LogP contribution is 2.47. The van der Waals surface area contributed by atoms with Crippen molar-refractivity contribution in [3.63, 3.8) is 0 Å². The Morgan fingerprint density at radius 3 is 2.52 bits per heavy atom. The van der Waals surface area contributed by atoms with Gasteiger partial charge in [-0.15, -0.1) is 11.3 Å². The van der Waals surface area contributed by atoms with E-state index in [4.69, 9.17) is 5.73 Å². The molecule has 2 atom stereocenters. The van der Waals surface area contributed by atoms with Crippen LogP contribution in [0.5, 0.6) is 0 Å². The molecule has 33 heavy (non-hydrogen) atoms. The van der Waals surface area contributed by atoms with Gasteiger partial charge in [0.05, 0.1) is 21.6 Å². The summed E-state index contributed by atoms with van der Waals surface area (Å²) in [6.07, 6.45) is 7.40. The monoisotopic (exact) mass is 483 g/mol. The van der Waals surface area contributed by atoms with Gasteiger partial charge in [0.1, 0.15) is 0 Å². The van der Waals surface area contributed by atoms with Gasteiger partial charge < -0.3 is 10.7 Å². The predicted molar refractivity (Wildman–Crippen MR) is 132 cm³/mol. The zero-order chi connectivity index (χ0) is 22.7. The Hall–Kier alpha value is -2.16. The zero-order valence-electron chi connectivity index (χ0n) is 18.5. The number of amides is 1. The molecule has 5 heterocycles. The second-order valence-corrected chi connectivity index (χ2v) is 13.4. The summed E-state index contributed by atoms with van der Waals surface area (Å²) in [6.45, 7) is 3.30. The highest BCUT2D eigenvalue weighted by molar-refractivity contribution is 7.93. The number of thiophene rings is 1. The molecule has 8 heteroatoms. The standard InChI is InChI=1S/C25H29N3O3S2/c26-25(29)22-11-15(17-7-18(32-14-17)13-28-5-1-2-6-28)10-21-23(12-27-24(21)22)16-8-19-3-4-20(9-16)33(19,30)31/h7,10-12,14,16,19-20,27H,1-6,8-9,13H2,(H2,26,29). The van der Waals surface area contributed by atoms with Gasteiger partial charge in [-0.1, -0.05) is 0 Å². The van der Waals surface area contributed by atoms with Crippen LogP contribution < -0.4 is 5.73 Å². The van der Waals surface area contributed by atoms with Crippen LogP contribution in [0.4, 0.5) is 0 Å². The molecule has 1 aromatic carbocycles. The van der Waals surface area contributed by atoms with Gasteiger partial charge in [0.15, 0.2) is 9.84 Å². The average Bonchev–Trinajstić information content (AvgIpc) is 3.55. The van der Waals surface area contributed by atoms with Crippen LogP contribution >= 0.6 is 11.3 Å². The molecule has 1 amide bonds. The predicted octanol–water partition coefficient (Wildman–Crippen LogP) is 4.41. The van der Waals surface area contributed by atoms with Gasteiger partial charge in [0, 0.05) is 23.0 Å². The Labute approximate surface area is 198 Å². The number of primary amides is 1. The third kappa shape index (κ3) is 3.63. The number of nitrogens with two attached hydrogens (primary N) is 1. The van der Waals surface area contributed by atoms with Crippen LogP contribution in [0.2, 0.25) is 0 Å². The van der Waals surface area contributed by atoms with Crippen molar-refractivity contribution in [1.82, 2.24) is 9.88 Å². The molecule has 0 spiro atoms. The first kappa shape index (κ1) is 21.4. The zero-order valence-corrected chi connectivity index (χ0v) is 20.2. The Morgan fingerprint density at radius 1 is 1.09 bits per heavy atom. The molecule has 6 nitrogen and oxygen atoms in total. The van der Waals surface area contributed by atoms with Crippen LogP contribution in [0.3, 0.4) is 0 Å².